The summed E-state index contributed by atoms with van der Waals surface area (Å²) >= 11 is 0. The number of benzene rings is 2. The lowest BCUT2D eigenvalue weighted by atomic mass is 10.1. The molecule has 0 saturated heterocycles. The van der Waals surface area contributed by atoms with Crippen molar-refractivity contribution in [3.63, 3.8) is 0 Å². The molecule has 2 heterocycles. The van der Waals surface area contributed by atoms with Crippen LogP contribution in [0, 0.1) is 12.7 Å². The predicted octanol–water partition coefficient (Wildman–Crippen LogP) is 3.01. The zero-order valence-electron chi connectivity index (χ0n) is 18.8. The van der Waals surface area contributed by atoms with Crippen molar-refractivity contribution in [3.8, 4) is 0 Å². The lowest BCUT2D eigenvalue weighted by Crippen LogP contribution is -2.45. The molecule has 0 spiro atoms. The number of carbonyl (C=O) groups is 2. The number of fused-ring (bicyclic) bond motifs is 1. The van der Waals surface area contributed by atoms with Crippen molar-refractivity contribution in [2.75, 3.05) is 25.2 Å². The highest BCUT2D eigenvalue weighted by Crippen LogP contribution is 2.30. The highest BCUT2D eigenvalue weighted by atomic mass is 19.1. The number of hydrogen-bond donors (Lipinski definition) is 1. The number of ether oxygens (including phenoxy) is 1. The van der Waals surface area contributed by atoms with Gasteiger partial charge in [-0.3, -0.25) is 14.5 Å². The Balaban J connectivity index is 1.76. The summed E-state index contributed by atoms with van der Waals surface area (Å²) in [5, 5.41) is 10.9. The monoisotopic (exact) mass is 465 g/mol. The normalized spacial score (nSPS) is 12.0. The largest absolute Gasteiger partial charge is 0.467 e. The van der Waals surface area contributed by atoms with E-state index in [9.17, 15) is 14.0 Å². The van der Waals surface area contributed by atoms with E-state index in [4.69, 9.17) is 9.15 Å². The number of para-hydroxylation sites is 1. The van der Waals surface area contributed by atoms with Gasteiger partial charge in [-0.2, -0.15) is 0 Å². The fraction of sp³-hybridized carbons (Fsp3) is 0.250. The van der Waals surface area contributed by atoms with Gasteiger partial charge in [-0.15, -0.1) is 5.10 Å². The first-order chi connectivity index (χ1) is 16.5. The highest BCUT2D eigenvalue weighted by molar-refractivity contribution is 6.01. The van der Waals surface area contributed by atoms with Crippen LogP contribution in [0.25, 0.3) is 11.0 Å². The molecule has 4 aromatic rings. The molecule has 0 saturated carbocycles. The van der Waals surface area contributed by atoms with Crippen LogP contribution in [0.2, 0.25) is 0 Å². The predicted molar refractivity (Wildman–Crippen MR) is 122 cm³/mol. The number of amides is 2. The Kier molecular flexibility index (Phi) is 6.98. The zero-order valence-corrected chi connectivity index (χ0v) is 18.8. The number of aryl methyl sites for hydroxylation is 1. The first-order valence-electron chi connectivity index (χ1n) is 10.7. The molecule has 0 aliphatic heterocycles. The van der Waals surface area contributed by atoms with Crippen LogP contribution >= 0.6 is 0 Å². The van der Waals surface area contributed by atoms with Crippen LogP contribution in [-0.4, -0.2) is 47.1 Å². The lowest BCUT2D eigenvalue weighted by molar-refractivity contribution is -0.127. The molecule has 0 bridgehead atoms. The molecule has 0 radical (unpaired) electrons. The van der Waals surface area contributed by atoms with Gasteiger partial charge in [0.1, 0.15) is 23.6 Å². The fourth-order valence-electron chi connectivity index (χ4n) is 3.60. The molecule has 1 atom stereocenters. The van der Waals surface area contributed by atoms with E-state index in [2.05, 4.69) is 15.6 Å². The minimum absolute atomic E-state index is 0.209. The van der Waals surface area contributed by atoms with E-state index in [0.717, 1.165) is 0 Å². The number of carbonyl (C=O) groups excluding carboxylic acids is 2. The summed E-state index contributed by atoms with van der Waals surface area (Å²) in [5.74, 6) is -1.26. The van der Waals surface area contributed by atoms with Crippen LogP contribution in [0.3, 0.4) is 0 Å². The molecule has 4 rings (SSSR count). The Morgan fingerprint density at radius 2 is 2.03 bits per heavy atom. The van der Waals surface area contributed by atoms with E-state index in [1.54, 1.807) is 43.3 Å². The number of halogens is 1. The number of methoxy groups -OCH3 is 1. The maximum atomic E-state index is 14.5. The number of furan rings is 1. The van der Waals surface area contributed by atoms with E-state index in [-0.39, 0.29) is 31.1 Å². The number of rotatable bonds is 9. The third-order valence-electron chi connectivity index (χ3n) is 5.33. The molecule has 0 fully saturated rings. The number of nitrogens with one attached hydrogen (secondary N) is 1. The molecule has 2 aromatic heterocycles. The number of aromatic nitrogens is 3. The molecule has 34 heavy (non-hydrogen) atoms. The van der Waals surface area contributed by atoms with Crippen LogP contribution in [-0.2, 0) is 20.9 Å². The van der Waals surface area contributed by atoms with Crippen molar-refractivity contribution in [1.29, 1.82) is 0 Å². The smallest absolute Gasteiger partial charge is 0.251 e. The molecule has 0 unspecified atom stereocenters. The highest BCUT2D eigenvalue weighted by Gasteiger charge is 2.35. The van der Waals surface area contributed by atoms with Crippen LogP contribution < -0.4 is 10.2 Å². The van der Waals surface area contributed by atoms with Crippen LogP contribution in [0.5, 0.6) is 0 Å². The number of hydrogen-bond acceptors (Lipinski definition) is 6. The number of anilines is 1. The van der Waals surface area contributed by atoms with Gasteiger partial charge >= 0.3 is 0 Å². The van der Waals surface area contributed by atoms with Crippen molar-refractivity contribution < 1.29 is 23.1 Å². The molecule has 0 aliphatic rings. The molecule has 2 aromatic carbocycles. The van der Waals surface area contributed by atoms with E-state index in [1.807, 2.05) is 12.1 Å². The standard InChI is InChI=1S/C24H24FN5O4/c1-16-9-10-17(14-18(16)25)30(22(31)15-29-20-7-4-3-6-19(20)27-28-29)23(21-8-5-12-34-21)24(32)26-11-13-33-2/h3-10,12,14,23H,11,13,15H2,1-2H3,(H,26,32)/t23-/m0/s1. The van der Waals surface area contributed by atoms with Crippen LogP contribution in [0.1, 0.15) is 17.4 Å². The lowest BCUT2D eigenvalue weighted by Gasteiger charge is -2.30. The molecule has 9 nitrogen and oxygen atoms in total. The summed E-state index contributed by atoms with van der Waals surface area (Å²) in [5.41, 5.74) is 1.91. The van der Waals surface area contributed by atoms with E-state index in [0.29, 0.717) is 16.6 Å². The van der Waals surface area contributed by atoms with Crippen LogP contribution in [0.15, 0.2) is 65.3 Å². The average Bonchev–Trinajstić information content (AvgIpc) is 3.50. The zero-order chi connectivity index (χ0) is 24.1. The van der Waals surface area contributed by atoms with E-state index < -0.39 is 23.7 Å². The van der Waals surface area contributed by atoms with Crippen molar-refractivity contribution in [2.45, 2.75) is 19.5 Å². The summed E-state index contributed by atoms with van der Waals surface area (Å²) in [4.78, 5) is 28.2. The molecule has 10 heteroatoms. The molecule has 1 N–H and O–H groups in total. The van der Waals surface area contributed by atoms with Crippen molar-refractivity contribution in [1.82, 2.24) is 20.3 Å². The molecular formula is C24H24FN5O4. The van der Waals surface area contributed by atoms with Crippen molar-refractivity contribution in [2.24, 2.45) is 0 Å². The maximum absolute atomic E-state index is 14.5. The molecule has 0 aliphatic carbocycles. The van der Waals surface area contributed by atoms with Gasteiger partial charge in [-0.1, -0.05) is 23.4 Å². The molecular weight excluding hydrogens is 441 g/mol. The molecule has 176 valence electrons. The second kappa shape index (κ2) is 10.3. The Labute approximate surface area is 195 Å². The second-order valence-electron chi connectivity index (χ2n) is 7.63. The Hall–Kier alpha value is -4.05. The maximum Gasteiger partial charge on any atom is 0.251 e. The Bertz CT molecular complexity index is 1290. The average molecular weight is 465 g/mol. The minimum atomic E-state index is -1.18. The second-order valence-corrected chi connectivity index (χ2v) is 7.63. The van der Waals surface area contributed by atoms with E-state index >= 15 is 0 Å². The van der Waals surface area contributed by atoms with Gasteiger partial charge in [-0.25, -0.2) is 9.07 Å². The number of nitrogens with zero attached hydrogens (tertiary/aromatic N) is 4. The van der Waals surface area contributed by atoms with Gasteiger partial charge in [0.15, 0.2) is 6.04 Å². The Morgan fingerprint density at radius 1 is 1.21 bits per heavy atom. The van der Waals surface area contributed by atoms with Gasteiger partial charge < -0.3 is 14.5 Å². The van der Waals surface area contributed by atoms with Crippen molar-refractivity contribution >= 4 is 28.5 Å². The third kappa shape index (κ3) is 4.81. The fourth-order valence-corrected chi connectivity index (χ4v) is 3.60. The Morgan fingerprint density at radius 3 is 2.76 bits per heavy atom. The van der Waals surface area contributed by atoms with Gasteiger partial charge in [0.25, 0.3) is 5.91 Å². The SMILES string of the molecule is COCCNC(=O)[C@H](c1ccco1)N(C(=O)Cn1nnc2ccccc21)c1ccc(C)c(F)c1. The third-order valence-corrected chi connectivity index (χ3v) is 5.33. The topological polar surface area (TPSA) is 102 Å². The first-order valence-corrected chi connectivity index (χ1v) is 10.7. The summed E-state index contributed by atoms with van der Waals surface area (Å²) in [6.45, 7) is 1.91. The van der Waals surface area contributed by atoms with Gasteiger partial charge in [0.05, 0.1) is 18.4 Å². The van der Waals surface area contributed by atoms with Crippen LogP contribution in [0.4, 0.5) is 10.1 Å². The van der Waals surface area contributed by atoms with E-state index in [1.165, 1.54) is 29.0 Å². The summed E-state index contributed by atoms with van der Waals surface area (Å²) in [6.07, 6.45) is 1.41. The van der Waals surface area contributed by atoms with Crippen molar-refractivity contribution in [3.05, 3.63) is 78.0 Å². The molecule has 2 amide bonds. The van der Waals surface area contributed by atoms with Gasteiger partial charge in [0, 0.05) is 19.3 Å². The summed E-state index contributed by atoms with van der Waals surface area (Å²) in [7, 11) is 1.52. The minimum Gasteiger partial charge on any atom is -0.467 e. The summed E-state index contributed by atoms with van der Waals surface area (Å²) in [6, 6.07) is 13.6. The quantitative estimate of drug-likeness (QED) is 0.381. The first kappa shape index (κ1) is 23.1. The van der Waals surface area contributed by atoms with Gasteiger partial charge in [-0.05, 0) is 48.9 Å². The van der Waals surface area contributed by atoms with Gasteiger partial charge in [0.2, 0.25) is 5.91 Å². The summed E-state index contributed by atoms with van der Waals surface area (Å²) < 4.78 is 26.5.